The van der Waals surface area contributed by atoms with Gasteiger partial charge in [0, 0.05) is 18.4 Å². The highest BCUT2D eigenvalue weighted by Gasteiger charge is 2.18. The second-order valence-corrected chi connectivity index (χ2v) is 6.22. The molecule has 6 nitrogen and oxygen atoms in total. The molecule has 1 amide bonds. The molecule has 3 N–H and O–H groups in total. The van der Waals surface area contributed by atoms with Crippen LogP contribution < -0.4 is 11.1 Å². The highest BCUT2D eigenvalue weighted by Crippen LogP contribution is 2.24. The van der Waals surface area contributed by atoms with E-state index in [2.05, 4.69) is 15.5 Å². The molecule has 1 aromatic carbocycles. The van der Waals surface area contributed by atoms with Crippen LogP contribution in [0.3, 0.4) is 0 Å². The highest BCUT2D eigenvalue weighted by molar-refractivity contribution is 8.00. The maximum Gasteiger partial charge on any atom is 0.237 e. The summed E-state index contributed by atoms with van der Waals surface area (Å²) in [6.45, 7) is 5.63. The van der Waals surface area contributed by atoms with Crippen molar-refractivity contribution < 1.29 is 4.79 Å². The zero-order chi connectivity index (χ0) is 15.6. The summed E-state index contributed by atoms with van der Waals surface area (Å²) in [5.74, 6) is 0.744. The highest BCUT2D eigenvalue weighted by atomic mass is 32.2. The molecule has 0 saturated carbocycles. The molecule has 0 aliphatic heterocycles. The second kappa shape index (κ2) is 6.17. The van der Waals surface area contributed by atoms with Crippen molar-refractivity contribution in [3.63, 3.8) is 0 Å². The third-order valence-corrected chi connectivity index (χ3v) is 4.35. The van der Waals surface area contributed by atoms with E-state index in [0.717, 1.165) is 22.2 Å². The number of nitrogen functional groups attached to an aromatic ring is 1. The molecular formula is C14H19N5OS. The Morgan fingerprint density at radius 2 is 2.10 bits per heavy atom. The van der Waals surface area contributed by atoms with Crippen LogP contribution in [0.5, 0.6) is 0 Å². The number of anilines is 2. The first-order chi connectivity index (χ1) is 9.88. The van der Waals surface area contributed by atoms with Crippen LogP contribution in [0.1, 0.15) is 18.3 Å². The first kappa shape index (κ1) is 15.4. The molecule has 0 radical (unpaired) electrons. The number of hydrogen-bond acceptors (Lipinski definition) is 5. The number of nitrogens with zero attached hydrogens (tertiary/aromatic N) is 3. The molecule has 2 rings (SSSR count). The Kier molecular flexibility index (Phi) is 4.52. The monoisotopic (exact) mass is 305 g/mol. The summed E-state index contributed by atoms with van der Waals surface area (Å²) in [4.78, 5) is 12.3. The number of thioether (sulfide) groups is 1. The molecule has 21 heavy (non-hydrogen) atoms. The first-order valence-electron chi connectivity index (χ1n) is 6.58. The quantitative estimate of drug-likeness (QED) is 0.667. The minimum atomic E-state index is -0.274. The van der Waals surface area contributed by atoms with Crippen LogP contribution in [0.2, 0.25) is 0 Å². The maximum absolute atomic E-state index is 12.3. The van der Waals surface area contributed by atoms with Gasteiger partial charge in [0.05, 0.1) is 5.25 Å². The van der Waals surface area contributed by atoms with E-state index in [9.17, 15) is 4.79 Å². The van der Waals surface area contributed by atoms with E-state index in [-0.39, 0.29) is 11.2 Å². The minimum Gasteiger partial charge on any atom is -0.399 e. The molecular weight excluding hydrogens is 286 g/mol. The van der Waals surface area contributed by atoms with E-state index in [1.807, 2.05) is 44.5 Å². The van der Waals surface area contributed by atoms with E-state index in [1.165, 1.54) is 11.8 Å². The molecule has 0 aliphatic carbocycles. The Balaban J connectivity index is 2.04. The van der Waals surface area contributed by atoms with E-state index < -0.39 is 0 Å². The van der Waals surface area contributed by atoms with E-state index >= 15 is 0 Å². The van der Waals surface area contributed by atoms with Gasteiger partial charge in [-0.05, 0) is 44.5 Å². The van der Waals surface area contributed by atoms with E-state index in [1.54, 1.807) is 6.07 Å². The third-order valence-electron chi connectivity index (χ3n) is 3.21. The molecule has 0 saturated heterocycles. The van der Waals surface area contributed by atoms with Crippen molar-refractivity contribution in [2.45, 2.75) is 31.2 Å². The van der Waals surface area contributed by atoms with Crippen molar-refractivity contribution in [3.8, 4) is 0 Å². The average Bonchev–Trinajstić information content (AvgIpc) is 2.73. The second-order valence-electron chi connectivity index (χ2n) is 4.91. The molecule has 112 valence electrons. The van der Waals surface area contributed by atoms with Crippen molar-refractivity contribution in [1.29, 1.82) is 0 Å². The van der Waals surface area contributed by atoms with Crippen molar-refractivity contribution >= 4 is 29.0 Å². The number of aromatic nitrogens is 3. The molecule has 2 aromatic rings. The van der Waals surface area contributed by atoms with Crippen molar-refractivity contribution in [2.24, 2.45) is 7.05 Å². The van der Waals surface area contributed by atoms with Gasteiger partial charge in [-0.3, -0.25) is 4.79 Å². The molecule has 0 spiro atoms. The van der Waals surface area contributed by atoms with Gasteiger partial charge in [0.15, 0.2) is 5.16 Å². The van der Waals surface area contributed by atoms with Gasteiger partial charge in [-0.1, -0.05) is 11.8 Å². The zero-order valence-electron chi connectivity index (χ0n) is 12.5. The first-order valence-corrected chi connectivity index (χ1v) is 7.46. The molecule has 7 heteroatoms. The smallest absolute Gasteiger partial charge is 0.237 e. The Morgan fingerprint density at radius 3 is 2.67 bits per heavy atom. The number of hydrogen-bond donors (Lipinski definition) is 2. The summed E-state index contributed by atoms with van der Waals surface area (Å²) < 4.78 is 1.86. The van der Waals surface area contributed by atoms with Crippen LogP contribution in [0.25, 0.3) is 0 Å². The lowest BCUT2D eigenvalue weighted by Gasteiger charge is -2.13. The predicted octanol–water partition coefficient (Wildman–Crippen LogP) is 2.13. The summed E-state index contributed by atoms with van der Waals surface area (Å²) in [6, 6.07) is 5.42. The normalized spacial score (nSPS) is 12.2. The lowest BCUT2D eigenvalue weighted by molar-refractivity contribution is -0.115. The standard InChI is InChI=1S/C14H19N5OS/c1-8-7-11(15)5-6-12(8)16-13(20)9(2)21-14-18-17-10(3)19(14)4/h5-7,9H,15H2,1-4H3,(H,16,20). The molecule has 1 atom stereocenters. The van der Waals surface area contributed by atoms with Gasteiger partial charge >= 0.3 is 0 Å². The number of aryl methyl sites for hydroxylation is 2. The maximum atomic E-state index is 12.3. The Bertz CT molecular complexity index is 667. The van der Waals surface area contributed by atoms with Gasteiger partial charge < -0.3 is 15.6 Å². The summed E-state index contributed by atoms with van der Waals surface area (Å²) in [6.07, 6.45) is 0. The fourth-order valence-electron chi connectivity index (χ4n) is 1.76. The van der Waals surface area contributed by atoms with Gasteiger partial charge in [0.2, 0.25) is 5.91 Å². The summed E-state index contributed by atoms with van der Waals surface area (Å²) >= 11 is 1.38. The van der Waals surface area contributed by atoms with Crippen LogP contribution in [0.15, 0.2) is 23.4 Å². The SMILES string of the molecule is Cc1cc(N)ccc1NC(=O)C(C)Sc1nnc(C)n1C. The summed E-state index contributed by atoms with van der Waals surface area (Å²) in [7, 11) is 1.88. The Morgan fingerprint density at radius 1 is 1.38 bits per heavy atom. The van der Waals surface area contributed by atoms with Crippen LogP contribution in [-0.4, -0.2) is 25.9 Å². The van der Waals surface area contributed by atoms with Crippen molar-refractivity contribution in [2.75, 3.05) is 11.1 Å². The van der Waals surface area contributed by atoms with Crippen LogP contribution in [0.4, 0.5) is 11.4 Å². The zero-order valence-corrected chi connectivity index (χ0v) is 13.4. The molecule has 0 bridgehead atoms. The fourth-order valence-corrected chi connectivity index (χ4v) is 2.62. The molecule has 0 aliphatic rings. The number of rotatable bonds is 4. The van der Waals surface area contributed by atoms with E-state index in [4.69, 9.17) is 5.73 Å². The van der Waals surface area contributed by atoms with Crippen LogP contribution in [-0.2, 0) is 11.8 Å². The lowest BCUT2D eigenvalue weighted by atomic mass is 10.2. The largest absolute Gasteiger partial charge is 0.399 e. The van der Waals surface area contributed by atoms with Gasteiger partial charge in [-0.2, -0.15) is 0 Å². The Hall–Kier alpha value is -2.02. The van der Waals surface area contributed by atoms with Gasteiger partial charge in [0.1, 0.15) is 5.82 Å². The number of carbonyl (C=O) groups is 1. The Labute approximate surface area is 128 Å². The summed E-state index contributed by atoms with van der Waals surface area (Å²) in [5.41, 5.74) is 8.10. The van der Waals surface area contributed by atoms with Crippen LogP contribution in [0, 0.1) is 13.8 Å². The van der Waals surface area contributed by atoms with Crippen molar-refractivity contribution in [1.82, 2.24) is 14.8 Å². The predicted molar refractivity (Wildman–Crippen MR) is 85.3 cm³/mol. The van der Waals surface area contributed by atoms with Gasteiger partial charge in [0.25, 0.3) is 0 Å². The van der Waals surface area contributed by atoms with Gasteiger partial charge in [-0.25, -0.2) is 0 Å². The van der Waals surface area contributed by atoms with Gasteiger partial charge in [-0.15, -0.1) is 10.2 Å². The topological polar surface area (TPSA) is 85.8 Å². The van der Waals surface area contributed by atoms with Crippen molar-refractivity contribution in [3.05, 3.63) is 29.6 Å². The molecule has 1 heterocycles. The number of nitrogens with two attached hydrogens (primary N) is 1. The van der Waals surface area contributed by atoms with E-state index in [0.29, 0.717) is 5.69 Å². The molecule has 1 aromatic heterocycles. The third kappa shape index (κ3) is 3.55. The minimum absolute atomic E-state index is 0.0754. The lowest BCUT2D eigenvalue weighted by Crippen LogP contribution is -2.23. The number of carbonyl (C=O) groups excluding carboxylic acids is 1. The average molecular weight is 305 g/mol. The molecule has 1 unspecified atom stereocenters. The van der Waals surface area contributed by atoms with Crippen LogP contribution >= 0.6 is 11.8 Å². The number of benzene rings is 1. The fraction of sp³-hybridized carbons (Fsp3) is 0.357. The molecule has 0 fully saturated rings. The number of nitrogens with one attached hydrogen (secondary N) is 1. The number of amides is 1. The summed E-state index contributed by atoms with van der Waals surface area (Å²) in [5, 5.41) is 11.4.